The molecule has 3 aromatic carbocycles. The monoisotopic (exact) mass is 436 g/mol. The molecule has 0 heterocycles. The quantitative estimate of drug-likeness (QED) is 0.491. The highest BCUT2D eigenvalue weighted by molar-refractivity contribution is 5.90. The molecule has 0 spiro atoms. The van der Waals surface area contributed by atoms with Crippen molar-refractivity contribution in [3.05, 3.63) is 90.2 Å². The van der Waals surface area contributed by atoms with Crippen molar-refractivity contribution in [2.24, 2.45) is 0 Å². The summed E-state index contributed by atoms with van der Waals surface area (Å²) >= 11 is 0. The van der Waals surface area contributed by atoms with E-state index < -0.39 is 18.0 Å². The second kappa shape index (κ2) is 10.9. The van der Waals surface area contributed by atoms with E-state index in [-0.39, 0.29) is 24.1 Å². The fourth-order valence-electron chi connectivity index (χ4n) is 3.02. The number of rotatable bonds is 7. The van der Waals surface area contributed by atoms with Crippen molar-refractivity contribution >= 4 is 23.6 Å². The highest BCUT2D eigenvalue weighted by Gasteiger charge is 2.21. The molecule has 0 aliphatic carbocycles. The van der Waals surface area contributed by atoms with Gasteiger partial charge in [-0.2, -0.15) is 0 Å². The summed E-state index contributed by atoms with van der Waals surface area (Å²) in [7, 11) is 0. The molecular weight excluding hydrogens is 411 g/mol. The SMILES string of the molecule is CC(C)OC(=O)Nc1cccc(OC(=O)N(CCc2ccccc2)c2ccccc2F)c1. The molecule has 0 aliphatic heterocycles. The molecule has 0 saturated carbocycles. The molecule has 1 N–H and O–H groups in total. The van der Waals surface area contributed by atoms with Crippen LogP contribution in [0.3, 0.4) is 0 Å². The summed E-state index contributed by atoms with van der Waals surface area (Å²) in [6.45, 7) is 3.71. The smallest absolute Gasteiger partial charge is 0.419 e. The second-order valence-electron chi connectivity index (χ2n) is 7.31. The van der Waals surface area contributed by atoms with Crippen LogP contribution in [0.4, 0.5) is 25.4 Å². The highest BCUT2D eigenvalue weighted by Crippen LogP contribution is 2.23. The van der Waals surface area contributed by atoms with E-state index in [0.717, 1.165) is 5.56 Å². The summed E-state index contributed by atoms with van der Waals surface area (Å²) in [6.07, 6.45) is -1.09. The third-order valence-electron chi connectivity index (χ3n) is 4.46. The summed E-state index contributed by atoms with van der Waals surface area (Å²) in [5.41, 5.74) is 1.54. The Morgan fingerprint density at radius 2 is 1.69 bits per heavy atom. The molecule has 32 heavy (non-hydrogen) atoms. The van der Waals surface area contributed by atoms with E-state index in [0.29, 0.717) is 12.1 Å². The molecule has 0 aliphatic rings. The Morgan fingerprint density at radius 3 is 2.41 bits per heavy atom. The minimum Gasteiger partial charge on any atom is -0.447 e. The van der Waals surface area contributed by atoms with Gasteiger partial charge in [0, 0.05) is 18.3 Å². The first-order valence-electron chi connectivity index (χ1n) is 10.3. The molecule has 0 unspecified atom stereocenters. The molecule has 0 saturated heterocycles. The van der Waals surface area contributed by atoms with Crippen molar-refractivity contribution in [1.82, 2.24) is 0 Å². The number of amides is 2. The molecule has 7 heteroatoms. The van der Waals surface area contributed by atoms with Gasteiger partial charge in [-0.3, -0.25) is 10.2 Å². The Hall–Kier alpha value is -3.87. The third-order valence-corrected chi connectivity index (χ3v) is 4.46. The number of benzene rings is 3. The molecule has 3 aromatic rings. The van der Waals surface area contributed by atoms with E-state index in [1.54, 1.807) is 44.2 Å². The van der Waals surface area contributed by atoms with Gasteiger partial charge < -0.3 is 9.47 Å². The number of hydrogen-bond donors (Lipinski definition) is 1. The van der Waals surface area contributed by atoms with Gasteiger partial charge in [0.05, 0.1) is 11.8 Å². The number of hydrogen-bond acceptors (Lipinski definition) is 4. The lowest BCUT2D eigenvalue weighted by molar-refractivity contribution is 0.130. The van der Waals surface area contributed by atoms with Gasteiger partial charge in [0.15, 0.2) is 0 Å². The lowest BCUT2D eigenvalue weighted by atomic mass is 10.1. The van der Waals surface area contributed by atoms with Crippen LogP contribution in [-0.4, -0.2) is 24.8 Å². The van der Waals surface area contributed by atoms with Gasteiger partial charge in [-0.15, -0.1) is 0 Å². The summed E-state index contributed by atoms with van der Waals surface area (Å²) < 4.78 is 25.0. The second-order valence-corrected chi connectivity index (χ2v) is 7.31. The molecule has 0 fully saturated rings. The number of ether oxygens (including phenoxy) is 2. The van der Waals surface area contributed by atoms with Gasteiger partial charge in [-0.1, -0.05) is 48.5 Å². The predicted octanol–water partition coefficient (Wildman–Crippen LogP) is 6.03. The normalized spacial score (nSPS) is 10.5. The van der Waals surface area contributed by atoms with Crippen molar-refractivity contribution in [1.29, 1.82) is 0 Å². The highest BCUT2D eigenvalue weighted by atomic mass is 19.1. The molecular formula is C25H25FN2O4. The third kappa shape index (κ3) is 6.57. The first kappa shape index (κ1) is 22.8. The van der Waals surface area contributed by atoms with Crippen molar-refractivity contribution in [3.63, 3.8) is 0 Å². The minimum absolute atomic E-state index is 0.128. The molecule has 166 valence electrons. The predicted molar refractivity (Wildman–Crippen MR) is 122 cm³/mol. The molecule has 0 aromatic heterocycles. The molecule has 0 bridgehead atoms. The van der Waals surface area contributed by atoms with Crippen molar-refractivity contribution in [3.8, 4) is 5.75 Å². The number of carbonyl (C=O) groups excluding carboxylic acids is 2. The van der Waals surface area contributed by atoms with Crippen molar-refractivity contribution in [2.75, 3.05) is 16.8 Å². The van der Waals surface area contributed by atoms with E-state index in [1.807, 2.05) is 30.3 Å². The molecule has 2 amide bonds. The number of anilines is 2. The Kier molecular flexibility index (Phi) is 7.80. The number of nitrogens with one attached hydrogen (secondary N) is 1. The van der Waals surface area contributed by atoms with Crippen LogP contribution in [0.1, 0.15) is 19.4 Å². The standard InChI is InChI=1S/C25H25FN2O4/c1-18(2)31-24(29)27-20-11-8-12-21(17-20)32-25(30)28(23-14-7-6-13-22(23)26)16-15-19-9-4-3-5-10-19/h3-14,17-18H,15-16H2,1-2H3,(H,27,29). The van der Waals surface area contributed by atoms with Gasteiger partial charge in [0.1, 0.15) is 11.6 Å². The van der Waals surface area contributed by atoms with Gasteiger partial charge in [-0.25, -0.2) is 14.0 Å². The van der Waals surface area contributed by atoms with Gasteiger partial charge in [-0.05, 0) is 50.1 Å². The van der Waals surface area contributed by atoms with Gasteiger partial charge >= 0.3 is 12.2 Å². The molecule has 3 rings (SSSR count). The largest absolute Gasteiger partial charge is 0.447 e. The Balaban J connectivity index is 1.75. The first-order valence-corrected chi connectivity index (χ1v) is 10.3. The van der Waals surface area contributed by atoms with E-state index in [1.165, 1.54) is 23.1 Å². The zero-order chi connectivity index (χ0) is 22.9. The number of carbonyl (C=O) groups is 2. The van der Waals surface area contributed by atoms with Gasteiger partial charge in [0.2, 0.25) is 0 Å². The van der Waals surface area contributed by atoms with Gasteiger partial charge in [0.25, 0.3) is 0 Å². The van der Waals surface area contributed by atoms with E-state index >= 15 is 0 Å². The molecule has 0 radical (unpaired) electrons. The van der Waals surface area contributed by atoms with Crippen LogP contribution in [0, 0.1) is 5.82 Å². The first-order chi connectivity index (χ1) is 15.4. The van der Waals surface area contributed by atoms with E-state index in [2.05, 4.69) is 5.32 Å². The average Bonchev–Trinajstić information content (AvgIpc) is 2.75. The summed E-state index contributed by atoms with van der Waals surface area (Å²) in [5, 5.41) is 2.58. The van der Waals surface area contributed by atoms with Crippen LogP contribution in [0.2, 0.25) is 0 Å². The van der Waals surface area contributed by atoms with Crippen LogP contribution in [0.5, 0.6) is 5.75 Å². The Labute approximate surface area is 186 Å². The van der Waals surface area contributed by atoms with Crippen LogP contribution < -0.4 is 15.0 Å². The average molecular weight is 436 g/mol. The van der Waals surface area contributed by atoms with Crippen LogP contribution >= 0.6 is 0 Å². The topological polar surface area (TPSA) is 67.9 Å². The molecule has 6 nitrogen and oxygen atoms in total. The van der Waals surface area contributed by atoms with Crippen LogP contribution in [0.25, 0.3) is 0 Å². The summed E-state index contributed by atoms with van der Waals surface area (Å²) in [4.78, 5) is 26.1. The van der Waals surface area contributed by atoms with Crippen LogP contribution in [0.15, 0.2) is 78.9 Å². The summed E-state index contributed by atoms with van der Waals surface area (Å²) in [5.74, 6) is -0.317. The zero-order valence-corrected chi connectivity index (χ0v) is 18.0. The number of nitrogens with zero attached hydrogens (tertiary/aromatic N) is 1. The summed E-state index contributed by atoms with van der Waals surface area (Å²) in [6, 6.07) is 22.0. The lowest BCUT2D eigenvalue weighted by Gasteiger charge is -2.23. The Morgan fingerprint density at radius 1 is 0.969 bits per heavy atom. The maximum atomic E-state index is 14.5. The van der Waals surface area contributed by atoms with Crippen molar-refractivity contribution < 1.29 is 23.5 Å². The maximum absolute atomic E-state index is 14.5. The van der Waals surface area contributed by atoms with E-state index in [9.17, 15) is 14.0 Å². The van der Waals surface area contributed by atoms with Crippen molar-refractivity contribution in [2.45, 2.75) is 26.4 Å². The minimum atomic E-state index is -0.729. The molecule has 0 atom stereocenters. The fourth-order valence-corrected chi connectivity index (χ4v) is 3.02. The lowest BCUT2D eigenvalue weighted by Crippen LogP contribution is -2.36. The van der Waals surface area contributed by atoms with E-state index in [4.69, 9.17) is 9.47 Å². The maximum Gasteiger partial charge on any atom is 0.419 e. The number of halogens is 1. The number of para-hydroxylation sites is 1. The van der Waals surface area contributed by atoms with Crippen LogP contribution in [-0.2, 0) is 11.2 Å². The fraction of sp³-hybridized carbons (Fsp3) is 0.200. The Bertz CT molecular complexity index is 1060. The zero-order valence-electron chi connectivity index (χ0n) is 18.0.